The maximum absolute atomic E-state index is 14.6. The Morgan fingerprint density at radius 3 is 1.36 bits per heavy atom. The lowest BCUT2D eigenvalue weighted by molar-refractivity contribution is -0.311. The minimum absolute atomic E-state index is 0.00527. The van der Waals surface area contributed by atoms with Crippen LogP contribution in [0.15, 0.2) is 119 Å². The topological polar surface area (TPSA) is 373 Å². The third-order valence-corrected chi connectivity index (χ3v) is 32.1. The monoisotopic (exact) mass is 1910 g/mol. The zero-order valence-electron chi connectivity index (χ0n) is 83.9. The summed E-state index contributed by atoms with van der Waals surface area (Å²) in [5.74, 6) is -3.56. The lowest BCUT2D eigenvalue weighted by atomic mass is 9.68. The number of ether oxygens (including phenoxy) is 19. The van der Waals surface area contributed by atoms with Crippen LogP contribution in [0.25, 0.3) is 0 Å². The first-order chi connectivity index (χ1) is 64.9. The molecule has 11 aliphatic heterocycles. The smallest absolute Gasteiger partial charge is 0.316 e. The highest BCUT2D eigenvalue weighted by Crippen LogP contribution is 2.52. The molecule has 14 rings (SSSR count). The maximum Gasteiger partial charge on any atom is 0.316 e. The van der Waals surface area contributed by atoms with Crippen molar-refractivity contribution in [3.8, 4) is 0 Å². The van der Waals surface area contributed by atoms with Crippen LogP contribution in [0.1, 0.15) is 220 Å². The lowest BCUT2D eigenvalue weighted by Gasteiger charge is -2.48. The second kappa shape index (κ2) is 46.2. The molecule has 14 aliphatic rings. The predicted octanol–water partition coefficient (Wildman–Crippen LogP) is 12.6. The number of aliphatic hydroxyl groups is 4. The molecule has 8 fully saturated rings. The van der Waals surface area contributed by atoms with Crippen molar-refractivity contribution >= 4 is 24.0 Å². The average Bonchev–Trinajstić information content (AvgIpc) is 1.68. The minimum atomic E-state index is -1.89. The number of carbonyl (C=O) groups is 4. The molecule has 136 heavy (non-hydrogen) atoms. The molecule has 4 bridgehead atoms. The number of unbranched alkanes of at least 4 members (excludes halogenated alkanes) is 3. The van der Waals surface area contributed by atoms with Crippen molar-refractivity contribution < 1.29 is 130 Å². The lowest BCUT2D eigenvalue weighted by Crippen LogP contribution is -2.60. The second-order valence-electron chi connectivity index (χ2n) is 41.7. The Balaban J connectivity index is 0.518. The molecule has 31 heteroatoms. The normalized spacial score (nSPS) is 45.8. The highest BCUT2D eigenvalue weighted by Gasteiger charge is 2.63. The van der Waals surface area contributed by atoms with Crippen LogP contribution in [-0.2, 0) is 99.6 Å². The number of aliphatic hydroxyl groups excluding tert-OH is 2. The van der Waals surface area contributed by atoms with E-state index in [-0.39, 0.29) is 67.6 Å². The Bertz CT molecular complexity index is 4110. The number of esters is 2. The Morgan fingerprint density at radius 1 is 0.478 bits per heavy atom. The first kappa shape index (κ1) is 106. The van der Waals surface area contributed by atoms with E-state index in [0.29, 0.717) is 124 Å². The number of methoxy groups -OCH3 is 4. The van der Waals surface area contributed by atoms with Crippen LogP contribution in [0.5, 0.6) is 0 Å². The molecule has 11 heterocycles. The van der Waals surface area contributed by atoms with Gasteiger partial charge in [-0.05, 0) is 151 Å². The number of amides is 4. The summed E-state index contributed by atoms with van der Waals surface area (Å²) in [6.45, 7) is 33.5. The molecule has 4 amide bonds. The fraction of sp³-hybridized carbons (Fsp3) is 0.771. The molecule has 1 unspecified atom stereocenters. The Labute approximate surface area is 805 Å². The van der Waals surface area contributed by atoms with Gasteiger partial charge in [0.15, 0.2) is 30.9 Å². The van der Waals surface area contributed by atoms with Crippen molar-refractivity contribution in [1.29, 1.82) is 0 Å². The van der Waals surface area contributed by atoms with Crippen molar-refractivity contribution in [1.82, 2.24) is 21.3 Å². The third-order valence-electron chi connectivity index (χ3n) is 32.1. The van der Waals surface area contributed by atoms with Gasteiger partial charge in [-0.1, -0.05) is 160 Å². The summed E-state index contributed by atoms with van der Waals surface area (Å²) < 4.78 is 125. The molecule has 0 aromatic rings. The number of rotatable bonds is 25. The molecule has 8 saturated heterocycles. The van der Waals surface area contributed by atoms with Crippen LogP contribution in [-0.4, -0.2) is 287 Å². The van der Waals surface area contributed by atoms with E-state index in [9.17, 15) is 39.6 Å². The molecule has 0 aromatic heterocycles. The van der Waals surface area contributed by atoms with Crippen LogP contribution in [0, 0.1) is 53.3 Å². The SMILES string of the molecule is CC[C@H](C)[C@H]1C[C@]2(C=C[C@@H]1C)CC1C[C@@H](C/C=C(\C)[C@@H](O[C@H]3C[C@H](OC)[C@@H](O[C@H]4C[C@H](OC)[C@H](NC(=O)NCCCCCCNC(=O)N[C@@H]5[C@H](C)O[C@@H](O[C@H]6[C@H](C)O[C@@H](O[C@@H]7/C(C)=C/C[C@@H]8C[C@@H](C[C@]9(C=C[C@H](C)[C@@H]([C@@H](C)CC)O9)O8)OC(=O)[C@@H]8C=C(C)[C@@H](O)[C@H]9OC/C(=C\C=C\[C@@H]7C)[C@]98O)C[C@@H]6OC)C[C@@H]5OC)[C@H](C)O4)[C@H](C)O3)[C@@H](C)/C=C/C=C3\CO[C@@H]4[C@H](O)C(C)=C[C@@H](C(=O)O1)[C@]34O)O2. The van der Waals surface area contributed by atoms with Crippen LogP contribution >= 0.6 is 0 Å². The van der Waals surface area contributed by atoms with Gasteiger partial charge in [0.25, 0.3) is 0 Å². The first-order valence-electron chi connectivity index (χ1n) is 50.7. The highest BCUT2D eigenvalue weighted by molar-refractivity contribution is 5.80. The van der Waals surface area contributed by atoms with E-state index in [2.05, 4.69) is 114 Å². The molecule has 762 valence electrons. The molecule has 0 radical (unpaired) electrons. The molecular formula is C105H160N4O27. The number of fused-ring (bicyclic) bond motifs is 4. The molecular weight excluding hydrogens is 1750 g/mol. The van der Waals surface area contributed by atoms with E-state index in [1.807, 2.05) is 65.0 Å². The van der Waals surface area contributed by atoms with E-state index in [1.165, 1.54) is 0 Å². The van der Waals surface area contributed by atoms with Crippen LogP contribution in [0.2, 0.25) is 0 Å². The summed E-state index contributed by atoms with van der Waals surface area (Å²) in [5, 5.41) is 60.5. The largest absolute Gasteiger partial charge is 0.462 e. The van der Waals surface area contributed by atoms with E-state index in [4.69, 9.17) is 90.0 Å². The number of carbonyl (C=O) groups excluding carboxylic acids is 4. The van der Waals surface area contributed by atoms with Crippen molar-refractivity contribution in [2.45, 2.75) is 408 Å². The fourth-order valence-corrected chi connectivity index (χ4v) is 23.7. The summed E-state index contributed by atoms with van der Waals surface area (Å²) in [4.78, 5) is 56.3. The van der Waals surface area contributed by atoms with Gasteiger partial charge in [0.05, 0.1) is 110 Å². The Kier molecular flexibility index (Phi) is 35.9. The quantitative estimate of drug-likeness (QED) is 0.0239. The molecule has 31 nitrogen and oxygen atoms in total. The molecule has 8 N–H and O–H groups in total. The molecule has 40 atom stereocenters. The summed E-state index contributed by atoms with van der Waals surface area (Å²) in [6.07, 6.45) is 21.6. The van der Waals surface area contributed by atoms with Gasteiger partial charge in [-0.25, -0.2) is 9.59 Å². The number of allylic oxidation sites excluding steroid dienone is 5. The third kappa shape index (κ3) is 23.7. The van der Waals surface area contributed by atoms with Gasteiger partial charge in [0.1, 0.15) is 71.9 Å². The number of urea groups is 2. The first-order valence-corrected chi connectivity index (χ1v) is 50.7. The van der Waals surface area contributed by atoms with E-state index in [1.54, 1.807) is 66.6 Å². The van der Waals surface area contributed by atoms with Crippen LogP contribution < -0.4 is 21.3 Å². The Morgan fingerprint density at radius 2 is 0.904 bits per heavy atom. The predicted molar refractivity (Wildman–Crippen MR) is 505 cm³/mol. The zero-order valence-corrected chi connectivity index (χ0v) is 83.9. The minimum Gasteiger partial charge on any atom is -0.462 e. The zero-order chi connectivity index (χ0) is 97.6. The van der Waals surface area contributed by atoms with Crippen LogP contribution in [0.4, 0.5) is 9.59 Å². The molecule has 0 saturated carbocycles. The molecule has 0 aromatic carbocycles. The summed E-state index contributed by atoms with van der Waals surface area (Å²) in [7, 11) is 6.52. The van der Waals surface area contributed by atoms with Gasteiger partial charge >= 0.3 is 24.0 Å². The average molecular weight is 1910 g/mol. The van der Waals surface area contributed by atoms with Gasteiger partial charge in [-0.3, -0.25) is 9.59 Å². The van der Waals surface area contributed by atoms with Gasteiger partial charge < -0.3 is 132 Å². The van der Waals surface area contributed by atoms with Crippen molar-refractivity contribution in [3.05, 3.63) is 119 Å². The fourth-order valence-electron chi connectivity index (χ4n) is 23.7. The van der Waals surface area contributed by atoms with Crippen molar-refractivity contribution in [2.24, 2.45) is 53.3 Å². The van der Waals surface area contributed by atoms with E-state index in [0.717, 1.165) is 43.3 Å². The van der Waals surface area contributed by atoms with Gasteiger partial charge in [0.2, 0.25) is 0 Å². The maximum atomic E-state index is 14.6. The second-order valence-corrected chi connectivity index (χ2v) is 41.7. The summed E-state index contributed by atoms with van der Waals surface area (Å²) in [5.41, 5.74) is -0.565. The summed E-state index contributed by atoms with van der Waals surface area (Å²) in [6, 6.07) is -1.69. The number of hydrogen-bond donors (Lipinski definition) is 8. The number of hydrogen-bond acceptors (Lipinski definition) is 27. The molecule has 3 aliphatic carbocycles. The molecule has 2 spiro atoms. The number of nitrogens with one attached hydrogen (secondary N) is 4. The van der Waals surface area contributed by atoms with Crippen molar-refractivity contribution in [3.63, 3.8) is 0 Å². The van der Waals surface area contributed by atoms with Gasteiger partial charge in [-0.2, -0.15) is 0 Å². The van der Waals surface area contributed by atoms with Crippen LogP contribution in [0.3, 0.4) is 0 Å². The van der Waals surface area contributed by atoms with Gasteiger partial charge in [0, 0.05) is 111 Å². The van der Waals surface area contributed by atoms with E-state index >= 15 is 0 Å². The van der Waals surface area contributed by atoms with Crippen molar-refractivity contribution in [2.75, 3.05) is 54.7 Å². The Hall–Kier alpha value is -5.96. The highest BCUT2D eigenvalue weighted by atomic mass is 16.7. The van der Waals surface area contributed by atoms with E-state index < -0.39 is 200 Å². The standard InChI is InChI=1S/C105H160N4O27/c1-21-56(3)76-53-102(39-37-58(76)5)51-74-45-72(134-102)35-33-61(8)91(59(6)29-27-31-70-54-122-96-89(110)64(11)43-77(98(112)128-74)104(70,96)116)130-85-49-81(120-19)94(68(15)126-85)132-83-47-79(118-17)87(66(13)124-83)108-100(114)106-41-25-23-24-26-42-107-101(115)109-88-67(14)125-84(48-80(88)119-18)133-95-69(16)127-86(50-82(95)121-20)131-92-60(7)30-28-32-71-55-123-97-90(111)65(12)44-78(105(71,97)117)99(113)129-75-46-73(36-34-62(92)9)135-103(52-75)40-38-63(10)93(136-103)57(4)22-2/h27-34,37-40,43-44,56-60,63,66-69,72-97,110-111,116-117H,21-26,35-36,41-42,45-55H2,1-20H3,(H2,106,108,114)(H2,107,109,115)/b29-27+,30-28+,61-33+,62-34+,70-31+,71-32+/t56-,57-,58-,59-,60-,63-,66-,67-,68-,69-,72+,73+,74?,75-,76+,77-,78-,79-,80-,81-,82-,83-,84-,85-,86-,87+,88+,89+,90+,91-,92-,93+,94-,95-,96+,97+,102-,103+,104+,105+/m0/s1. The van der Waals surface area contributed by atoms with Gasteiger partial charge in [-0.15, -0.1) is 0 Å². The summed E-state index contributed by atoms with van der Waals surface area (Å²) >= 11 is 0.